The summed E-state index contributed by atoms with van der Waals surface area (Å²) in [6, 6.07) is 10.1. The normalized spacial score (nSPS) is 21.6. The second-order valence-corrected chi connectivity index (χ2v) is 8.00. The zero-order chi connectivity index (χ0) is 19.5. The lowest BCUT2D eigenvalue weighted by Gasteiger charge is -2.47. The Bertz CT molecular complexity index is 1220. The minimum atomic E-state index is 0.0295. The van der Waals surface area contributed by atoms with Crippen molar-refractivity contribution < 1.29 is 4.79 Å². The molecule has 7 nitrogen and oxygen atoms in total. The Hall–Kier alpha value is -3.48. The molecule has 1 aliphatic carbocycles. The first-order valence-corrected chi connectivity index (χ1v) is 9.90. The summed E-state index contributed by atoms with van der Waals surface area (Å²) in [7, 11) is 1.89. The first kappa shape index (κ1) is 16.5. The van der Waals surface area contributed by atoms with E-state index in [0.717, 1.165) is 46.4 Å². The third-order valence-corrected chi connectivity index (χ3v) is 6.08. The SMILES string of the molecule is Cn1cc(-c2ccc([C@@H]3[C@H](C4CC4)C(=O)N3c3ccc4[nH]cnc4c3)cn2)cn1. The van der Waals surface area contributed by atoms with Gasteiger partial charge < -0.3 is 9.88 Å². The van der Waals surface area contributed by atoms with Crippen LogP contribution in [0.3, 0.4) is 0 Å². The summed E-state index contributed by atoms with van der Waals surface area (Å²) in [6.45, 7) is 0. The molecule has 0 unspecified atom stereocenters. The number of nitrogens with one attached hydrogen (secondary N) is 1. The van der Waals surface area contributed by atoms with Gasteiger partial charge in [0.05, 0.1) is 41.2 Å². The smallest absolute Gasteiger partial charge is 0.233 e. The van der Waals surface area contributed by atoms with Crippen LogP contribution < -0.4 is 4.90 Å². The summed E-state index contributed by atoms with van der Waals surface area (Å²) in [5.74, 6) is 0.760. The molecule has 0 spiro atoms. The molecule has 0 radical (unpaired) electrons. The average molecular weight is 384 g/mol. The number of hydrogen-bond donors (Lipinski definition) is 1. The van der Waals surface area contributed by atoms with Crippen LogP contribution >= 0.6 is 0 Å². The van der Waals surface area contributed by atoms with E-state index in [4.69, 9.17) is 0 Å². The van der Waals surface area contributed by atoms with Crippen molar-refractivity contribution in [3.63, 3.8) is 0 Å². The number of hydrogen-bond acceptors (Lipinski definition) is 4. The molecular weight excluding hydrogens is 364 g/mol. The van der Waals surface area contributed by atoms with Gasteiger partial charge in [0.15, 0.2) is 0 Å². The summed E-state index contributed by atoms with van der Waals surface area (Å²) >= 11 is 0. The summed E-state index contributed by atoms with van der Waals surface area (Å²) in [4.78, 5) is 27.1. The molecule has 2 atom stereocenters. The van der Waals surface area contributed by atoms with Gasteiger partial charge in [0.1, 0.15) is 0 Å². The lowest BCUT2D eigenvalue weighted by molar-refractivity contribution is -0.131. The van der Waals surface area contributed by atoms with E-state index < -0.39 is 0 Å². The maximum atomic E-state index is 13.1. The molecule has 1 amide bonds. The van der Waals surface area contributed by atoms with E-state index in [2.05, 4.69) is 26.1 Å². The highest BCUT2D eigenvalue weighted by molar-refractivity contribution is 6.04. The Morgan fingerprint density at radius 1 is 1.10 bits per heavy atom. The van der Waals surface area contributed by atoms with Crippen molar-refractivity contribution in [1.29, 1.82) is 0 Å². The molecular formula is C22H20N6O. The molecule has 4 heterocycles. The lowest BCUT2D eigenvalue weighted by Crippen LogP contribution is -2.56. The largest absolute Gasteiger partial charge is 0.345 e. The van der Waals surface area contributed by atoms with E-state index >= 15 is 0 Å². The van der Waals surface area contributed by atoms with Crippen LogP contribution in [0.1, 0.15) is 24.4 Å². The Balaban J connectivity index is 1.37. The molecule has 7 heteroatoms. The summed E-state index contributed by atoms with van der Waals surface area (Å²) in [5.41, 5.74) is 5.70. The molecule has 144 valence electrons. The number of carbonyl (C=O) groups is 1. The molecule has 0 bridgehead atoms. The molecule has 2 aliphatic rings. The zero-order valence-electron chi connectivity index (χ0n) is 16.0. The number of amides is 1. The summed E-state index contributed by atoms with van der Waals surface area (Å²) in [5, 5.41) is 4.22. The molecule has 3 aromatic heterocycles. The molecule has 1 aromatic carbocycles. The lowest BCUT2D eigenvalue weighted by atomic mass is 9.79. The Morgan fingerprint density at radius 3 is 2.72 bits per heavy atom. The monoisotopic (exact) mass is 384 g/mol. The fourth-order valence-corrected chi connectivity index (χ4v) is 4.44. The van der Waals surface area contributed by atoms with E-state index in [-0.39, 0.29) is 17.9 Å². The number of aromatic nitrogens is 5. The molecule has 2 fully saturated rings. The number of pyridine rings is 1. The van der Waals surface area contributed by atoms with Gasteiger partial charge in [-0.1, -0.05) is 6.07 Å². The highest BCUT2D eigenvalue weighted by atomic mass is 16.2. The predicted octanol–water partition coefficient (Wildman–Crippen LogP) is 3.47. The Morgan fingerprint density at radius 2 is 2.00 bits per heavy atom. The molecule has 1 N–H and O–H groups in total. The van der Waals surface area contributed by atoms with E-state index in [1.54, 1.807) is 11.0 Å². The zero-order valence-corrected chi connectivity index (χ0v) is 16.0. The molecule has 1 aliphatic heterocycles. The molecule has 29 heavy (non-hydrogen) atoms. The maximum absolute atomic E-state index is 13.1. The van der Waals surface area contributed by atoms with Crippen LogP contribution in [-0.4, -0.2) is 30.6 Å². The van der Waals surface area contributed by atoms with E-state index in [1.807, 2.05) is 54.8 Å². The molecule has 6 rings (SSSR count). The summed E-state index contributed by atoms with van der Waals surface area (Å²) < 4.78 is 1.77. The van der Waals surface area contributed by atoms with Crippen LogP contribution in [0.2, 0.25) is 0 Å². The fourth-order valence-electron chi connectivity index (χ4n) is 4.44. The first-order valence-electron chi connectivity index (χ1n) is 9.90. The number of β-lactam (4-membered cyclic amide) rings is 1. The Labute approximate surface area is 167 Å². The van der Waals surface area contributed by atoms with Gasteiger partial charge in [-0.15, -0.1) is 0 Å². The van der Waals surface area contributed by atoms with Crippen LogP contribution in [0.5, 0.6) is 0 Å². The first-order chi connectivity index (χ1) is 14.2. The van der Waals surface area contributed by atoms with Gasteiger partial charge in [-0.3, -0.25) is 14.5 Å². The third kappa shape index (κ3) is 2.57. The average Bonchev–Trinajstić information content (AvgIpc) is 3.26. The van der Waals surface area contributed by atoms with Crippen LogP contribution in [-0.2, 0) is 11.8 Å². The number of imidazole rings is 1. The quantitative estimate of drug-likeness (QED) is 0.547. The third-order valence-electron chi connectivity index (χ3n) is 6.08. The molecule has 1 saturated heterocycles. The molecule has 1 saturated carbocycles. The van der Waals surface area contributed by atoms with Gasteiger partial charge in [0, 0.05) is 30.7 Å². The highest BCUT2D eigenvalue weighted by Crippen LogP contribution is 2.53. The topological polar surface area (TPSA) is 79.7 Å². The van der Waals surface area contributed by atoms with Gasteiger partial charge in [-0.25, -0.2) is 4.98 Å². The van der Waals surface area contributed by atoms with Crippen LogP contribution in [0.25, 0.3) is 22.3 Å². The number of fused-ring (bicyclic) bond motifs is 1. The highest BCUT2D eigenvalue weighted by Gasteiger charge is 2.55. The number of aromatic amines is 1. The minimum absolute atomic E-state index is 0.0295. The van der Waals surface area contributed by atoms with E-state index in [1.165, 1.54) is 0 Å². The van der Waals surface area contributed by atoms with Gasteiger partial charge in [-0.2, -0.15) is 5.10 Å². The van der Waals surface area contributed by atoms with Gasteiger partial charge in [-0.05, 0) is 48.6 Å². The number of rotatable bonds is 4. The number of H-pyrrole nitrogens is 1. The fraction of sp³-hybridized carbons (Fsp3) is 0.273. The van der Waals surface area contributed by atoms with Crippen LogP contribution in [0.15, 0.2) is 55.2 Å². The van der Waals surface area contributed by atoms with Crippen molar-refractivity contribution in [2.24, 2.45) is 18.9 Å². The van der Waals surface area contributed by atoms with Crippen LogP contribution in [0, 0.1) is 11.8 Å². The van der Waals surface area contributed by atoms with Crippen LogP contribution in [0.4, 0.5) is 5.69 Å². The number of nitrogens with zero attached hydrogens (tertiary/aromatic N) is 5. The number of aryl methyl sites for hydroxylation is 1. The summed E-state index contributed by atoms with van der Waals surface area (Å²) in [6.07, 6.45) is 9.63. The number of anilines is 1. The van der Waals surface area contributed by atoms with Gasteiger partial charge in [0.2, 0.25) is 5.91 Å². The Kier molecular flexibility index (Phi) is 3.41. The van der Waals surface area contributed by atoms with Gasteiger partial charge >= 0.3 is 0 Å². The van der Waals surface area contributed by atoms with E-state index in [9.17, 15) is 4.79 Å². The standard InChI is InChI=1S/C22H20N6O/c1-27-11-15(10-26-27)17-6-4-14(9-23-17)21-20(13-2-3-13)22(29)28(21)16-5-7-18-19(8-16)25-12-24-18/h4-13,20-21H,2-3H2,1H3,(H,24,25)/t20-,21+/m0/s1. The number of benzene rings is 1. The predicted molar refractivity (Wildman–Crippen MR) is 109 cm³/mol. The second-order valence-electron chi connectivity index (χ2n) is 8.00. The van der Waals surface area contributed by atoms with Crippen molar-refractivity contribution in [1.82, 2.24) is 24.7 Å². The number of carbonyl (C=O) groups excluding carboxylic acids is 1. The van der Waals surface area contributed by atoms with Gasteiger partial charge in [0.25, 0.3) is 0 Å². The van der Waals surface area contributed by atoms with Crippen molar-refractivity contribution in [2.45, 2.75) is 18.9 Å². The maximum Gasteiger partial charge on any atom is 0.233 e. The van der Waals surface area contributed by atoms with E-state index in [0.29, 0.717) is 5.92 Å². The van der Waals surface area contributed by atoms with Crippen molar-refractivity contribution in [3.8, 4) is 11.3 Å². The second kappa shape index (κ2) is 6.01. The van der Waals surface area contributed by atoms with Crippen molar-refractivity contribution in [3.05, 3.63) is 60.8 Å². The van der Waals surface area contributed by atoms with Crippen molar-refractivity contribution in [2.75, 3.05) is 4.90 Å². The minimum Gasteiger partial charge on any atom is -0.345 e. The van der Waals surface area contributed by atoms with Crippen molar-refractivity contribution >= 4 is 22.6 Å². The molecule has 4 aromatic rings.